The maximum atomic E-state index is 13.7. The largest absolute Gasteiger partial charge is 0.320 e. The van der Waals surface area contributed by atoms with Gasteiger partial charge in [-0.15, -0.1) is 0 Å². The zero-order valence-corrected chi connectivity index (χ0v) is 13.9. The van der Waals surface area contributed by atoms with Crippen LogP contribution in [0.15, 0.2) is 18.2 Å². The normalized spacial score (nSPS) is 12.6. The molecule has 0 spiro atoms. The summed E-state index contributed by atoms with van der Waals surface area (Å²) in [4.78, 5) is 0. The molecule has 0 saturated heterocycles. The average molecular weight is 306 g/mol. The molecule has 3 heteroatoms. The predicted molar refractivity (Wildman–Crippen MR) is 87.6 cm³/mol. The van der Waals surface area contributed by atoms with E-state index in [0.717, 1.165) is 11.1 Å². The highest BCUT2D eigenvalue weighted by Gasteiger charge is 2.19. The van der Waals surface area contributed by atoms with E-state index in [1.54, 1.807) is 12.1 Å². The molecule has 0 aliphatic carbocycles. The summed E-state index contributed by atoms with van der Waals surface area (Å²) < 4.78 is 13.7. The molecular weight excluding hydrogens is 285 g/mol. The number of hydrogen-bond donors (Lipinski definition) is 1. The van der Waals surface area contributed by atoms with Gasteiger partial charge in [0.05, 0.1) is 11.1 Å². The first-order valence-corrected chi connectivity index (χ1v) is 7.40. The molecule has 0 heterocycles. The van der Waals surface area contributed by atoms with Gasteiger partial charge >= 0.3 is 0 Å². The molecule has 0 saturated carbocycles. The van der Waals surface area contributed by atoms with E-state index in [0.29, 0.717) is 0 Å². The molecule has 1 nitrogen and oxygen atoms in total. The number of rotatable bonds is 2. The summed E-state index contributed by atoms with van der Waals surface area (Å²) in [6.07, 6.45) is 0. The van der Waals surface area contributed by atoms with Gasteiger partial charge in [0.15, 0.2) is 0 Å². The van der Waals surface area contributed by atoms with Gasteiger partial charge in [0.2, 0.25) is 0 Å². The Morgan fingerprint density at radius 2 is 1.38 bits per heavy atom. The standard InChI is InChI=1S/C18H21ClFN/c1-9-10(2)12(4)17(13(5)11(9)3)18(21)14-6-7-15(19)16(20)8-14/h6-8,18H,21H2,1-5H3. The lowest BCUT2D eigenvalue weighted by atomic mass is 9.84. The molecule has 1 atom stereocenters. The predicted octanol–water partition coefficient (Wildman–Crippen LogP) is 5.07. The number of halogens is 2. The fourth-order valence-electron chi connectivity index (χ4n) is 2.87. The van der Waals surface area contributed by atoms with E-state index >= 15 is 0 Å². The Morgan fingerprint density at radius 3 is 1.86 bits per heavy atom. The molecule has 2 aromatic rings. The molecule has 0 amide bonds. The molecule has 2 aromatic carbocycles. The van der Waals surface area contributed by atoms with Crippen LogP contribution in [0.4, 0.5) is 4.39 Å². The lowest BCUT2D eigenvalue weighted by Gasteiger charge is -2.23. The SMILES string of the molecule is Cc1c(C)c(C)c(C(N)c2ccc(Cl)c(F)c2)c(C)c1C. The number of hydrogen-bond acceptors (Lipinski definition) is 1. The van der Waals surface area contributed by atoms with Crippen molar-refractivity contribution >= 4 is 11.6 Å². The summed E-state index contributed by atoms with van der Waals surface area (Å²) in [5.74, 6) is -0.430. The molecule has 0 aliphatic heterocycles. The van der Waals surface area contributed by atoms with Crippen LogP contribution in [0, 0.1) is 40.4 Å². The van der Waals surface area contributed by atoms with Crippen molar-refractivity contribution < 1.29 is 4.39 Å². The summed E-state index contributed by atoms with van der Waals surface area (Å²) in [6, 6.07) is 4.43. The van der Waals surface area contributed by atoms with Gasteiger partial charge in [0, 0.05) is 0 Å². The summed E-state index contributed by atoms with van der Waals surface area (Å²) in [5.41, 5.74) is 14.4. The monoisotopic (exact) mass is 305 g/mol. The van der Waals surface area contributed by atoms with Crippen molar-refractivity contribution in [2.75, 3.05) is 0 Å². The third kappa shape index (κ3) is 2.70. The summed E-state index contributed by atoms with van der Waals surface area (Å²) >= 11 is 5.75. The summed E-state index contributed by atoms with van der Waals surface area (Å²) in [5, 5.41) is 0.121. The topological polar surface area (TPSA) is 26.0 Å². The molecule has 2 rings (SSSR count). The van der Waals surface area contributed by atoms with Crippen LogP contribution in [0.1, 0.15) is 45.0 Å². The second-order valence-electron chi connectivity index (χ2n) is 5.69. The van der Waals surface area contributed by atoms with Gasteiger partial charge in [0.1, 0.15) is 5.82 Å². The van der Waals surface area contributed by atoms with Crippen molar-refractivity contribution in [2.24, 2.45) is 5.73 Å². The van der Waals surface area contributed by atoms with E-state index in [4.69, 9.17) is 17.3 Å². The number of benzene rings is 2. The van der Waals surface area contributed by atoms with Gasteiger partial charge in [-0.05, 0) is 85.7 Å². The van der Waals surface area contributed by atoms with Gasteiger partial charge in [-0.2, -0.15) is 0 Å². The Hall–Kier alpha value is -1.38. The number of nitrogens with two attached hydrogens (primary N) is 1. The maximum absolute atomic E-state index is 13.7. The molecule has 0 aromatic heterocycles. The zero-order valence-electron chi connectivity index (χ0n) is 13.1. The minimum Gasteiger partial charge on any atom is -0.320 e. The second kappa shape index (κ2) is 5.78. The van der Waals surface area contributed by atoms with Crippen LogP contribution >= 0.6 is 11.6 Å². The van der Waals surface area contributed by atoms with Crippen LogP contribution in [0.2, 0.25) is 5.02 Å². The van der Waals surface area contributed by atoms with Gasteiger partial charge in [-0.1, -0.05) is 17.7 Å². The molecule has 0 radical (unpaired) electrons. The molecule has 1 unspecified atom stereocenters. The third-order valence-electron chi connectivity index (χ3n) is 4.67. The highest BCUT2D eigenvalue weighted by molar-refractivity contribution is 6.30. The fourth-order valence-corrected chi connectivity index (χ4v) is 2.99. The average Bonchev–Trinajstić information content (AvgIpc) is 2.46. The Balaban J connectivity index is 2.63. The van der Waals surface area contributed by atoms with Gasteiger partial charge in [-0.25, -0.2) is 4.39 Å². The molecule has 2 N–H and O–H groups in total. The Kier molecular flexibility index (Phi) is 4.40. The van der Waals surface area contributed by atoms with E-state index in [1.165, 1.54) is 33.9 Å². The molecule has 0 fully saturated rings. The highest BCUT2D eigenvalue weighted by atomic mass is 35.5. The Morgan fingerprint density at radius 1 is 0.905 bits per heavy atom. The molecular formula is C18H21ClFN. The highest BCUT2D eigenvalue weighted by Crippen LogP contribution is 2.33. The first-order valence-electron chi connectivity index (χ1n) is 7.03. The van der Waals surface area contributed by atoms with Crippen molar-refractivity contribution in [2.45, 2.75) is 40.7 Å². The lowest BCUT2D eigenvalue weighted by molar-refractivity contribution is 0.624. The minimum absolute atomic E-state index is 0.121. The summed E-state index contributed by atoms with van der Waals surface area (Å²) in [6.45, 7) is 10.5. The second-order valence-corrected chi connectivity index (χ2v) is 6.10. The first kappa shape index (κ1) is 16.0. The third-order valence-corrected chi connectivity index (χ3v) is 4.98. The van der Waals surface area contributed by atoms with Crippen molar-refractivity contribution in [3.8, 4) is 0 Å². The maximum Gasteiger partial charge on any atom is 0.142 e. The molecule has 0 bridgehead atoms. The Labute approximate surface area is 130 Å². The first-order chi connectivity index (χ1) is 9.75. The van der Waals surface area contributed by atoms with E-state index in [-0.39, 0.29) is 11.1 Å². The smallest absolute Gasteiger partial charge is 0.142 e. The van der Waals surface area contributed by atoms with Crippen molar-refractivity contribution in [3.63, 3.8) is 0 Å². The van der Waals surface area contributed by atoms with Crippen LogP contribution in [-0.4, -0.2) is 0 Å². The van der Waals surface area contributed by atoms with Crippen LogP contribution in [0.3, 0.4) is 0 Å². The minimum atomic E-state index is -0.430. The van der Waals surface area contributed by atoms with Crippen molar-refractivity contribution in [3.05, 3.63) is 68.0 Å². The zero-order chi connectivity index (χ0) is 15.9. The van der Waals surface area contributed by atoms with E-state index < -0.39 is 5.82 Å². The Bertz CT molecular complexity index is 678. The van der Waals surface area contributed by atoms with Gasteiger partial charge in [-0.3, -0.25) is 0 Å². The van der Waals surface area contributed by atoms with Gasteiger partial charge < -0.3 is 5.73 Å². The molecule has 21 heavy (non-hydrogen) atoms. The molecule has 112 valence electrons. The van der Waals surface area contributed by atoms with E-state index in [1.807, 2.05) is 0 Å². The van der Waals surface area contributed by atoms with Crippen molar-refractivity contribution in [1.29, 1.82) is 0 Å². The van der Waals surface area contributed by atoms with Crippen LogP contribution in [0.25, 0.3) is 0 Å². The lowest BCUT2D eigenvalue weighted by Crippen LogP contribution is -2.17. The van der Waals surface area contributed by atoms with E-state index in [2.05, 4.69) is 34.6 Å². The van der Waals surface area contributed by atoms with Crippen molar-refractivity contribution in [1.82, 2.24) is 0 Å². The quantitative estimate of drug-likeness (QED) is 0.823. The van der Waals surface area contributed by atoms with Gasteiger partial charge in [0.25, 0.3) is 0 Å². The van der Waals surface area contributed by atoms with Crippen LogP contribution in [0.5, 0.6) is 0 Å². The van der Waals surface area contributed by atoms with Crippen LogP contribution < -0.4 is 5.73 Å². The fraction of sp³-hybridized carbons (Fsp3) is 0.333. The summed E-state index contributed by atoms with van der Waals surface area (Å²) in [7, 11) is 0. The molecule has 0 aliphatic rings. The van der Waals surface area contributed by atoms with Crippen LogP contribution in [-0.2, 0) is 0 Å². The van der Waals surface area contributed by atoms with E-state index in [9.17, 15) is 4.39 Å².